The van der Waals surface area contributed by atoms with E-state index in [1.54, 1.807) is 16.9 Å². The second kappa shape index (κ2) is 7.00. The summed E-state index contributed by atoms with van der Waals surface area (Å²) in [6.45, 7) is 7.38. The van der Waals surface area contributed by atoms with E-state index in [1.807, 2.05) is 6.07 Å². The highest BCUT2D eigenvalue weighted by Gasteiger charge is 2.20. The second-order valence-corrected chi connectivity index (χ2v) is 7.02. The van der Waals surface area contributed by atoms with Gasteiger partial charge in [-0.1, -0.05) is 19.8 Å². The summed E-state index contributed by atoms with van der Waals surface area (Å²) < 4.78 is 1.73. The summed E-state index contributed by atoms with van der Waals surface area (Å²) in [4.78, 5) is 21.6. The molecule has 1 saturated carbocycles. The standard InChI is InChI=1S/C18H26N6O/c1-2-22-7-9-23(10-8-22)17-11-16-19-12-14(13-24(16)21-17)18(25)20-15-5-3-4-6-15/h11-13,15H,2-10H2,1H3,(H,20,25). The highest BCUT2D eigenvalue weighted by molar-refractivity contribution is 5.94. The number of carbonyl (C=O) groups excluding carboxylic acids is 1. The molecular weight excluding hydrogens is 316 g/mol. The van der Waals surface area contributed by atoms with Gasteiger partial charge in [-0.05, 0) is 19.4 Å². The SMILES string of the molecule is CCN1CCN(c2cc3ncc(C(=O)NC4CCCC4)cn3n2)CC1. The van der Waals surface area contributed by atoms with Crippen LogP contribution in [-0.2, 0) is 0 Å². The molecule has 0 aromatic carbocycles. The first kappa shape index (κ1) is 16.3. The molecule has 0 unspecified atom stereocenters. The summed E-state index contributed by atoms with van der Waals surface area (Å²) in [7, 11) is 0. The average molecular weight is 342 g/mol. The van der Waals surface area contributed by atoms with Crippen molar-refractivity contribution in [1.82, 2.24) is 24.8 Å². The Morgan fingerprint density at radius 3 is 2.72 bits per heavy atom. The molecule has 2 aliphatic rings. The monoisotopic (exact) mass is 342 g/mol. The van der Waals surface area contributed by atoms with Crippen LogP contribution in [-0.4, -0.2) is 64.2 Å². The van der Waals surface area contributed by atoms with Gasteiger partial charge < -0.3 is 15.1 Å². The first-order chi connectivity index (χ1) is 12.2. The molecule has 0 atom stereocenters. The van der Waals surface area contributed by atoms with Crippen molar-refractivity contribution in [2.75, 3.05) is 37.6 Å². The molecule has 0 spiro atoms. The topological polar surface area (TPSA) is 65.8 Å². The van der Waals surface area contributed by atoms with Gasteiger partial charge in [-0.3, -0.25) is 4.79 Å². The van der Waals surface area contributed by atoms with Crippen molar-refractivity contribution in [3.8, 4) is 0 Å². The van der Waals surface area contributed by atoms with E-state index in [4.69, 9.17) is 0 Å². The number of nitrogens with one attached hydrogen (secondary N) is 1. The molecule has 2 aromatic rings. The van der Waals surface area contributed by atoms with Crippen LogP contribution in [0.1, 0.15) is 43.0 Å². The van der Waals surface area contributed by atoms with Gasteiger partial charge in [0.25, 0.3) is 5.91 Å². The molecule has 1 amide bonds. The van der Waals surface area contributed by atoms with Crippen LogP contribution in [0.15, 0.2) is 18.5 Å². The number of hydrogen-bond acceptors (Lipinski definition) is 5. The van der Waals surface area contributed by atoms with E-state index in [0.29, 0.717) is 11.6 Å². The molecule has 134 valence electrons. The Morgan fingerprint density at radius 2 is 2.00 bits per heavy atom. The number of carbonyl (C=O) groups is 1. The number of likely N-dealkylation sites (N-methyl/N-ethyl adjacent to an activating group) is 1. The van der Waals surface area contributed by atoms with Crippen LogP contribution in [0, 0.1) is 0 Å². The lowest BCUT2D eigenvalue weighted by Crippen LogP contribution is -2.46. The van der Waals surface area contributed by atoms with Crippen LogP contribution in [0.2, 0.25) is 0 Å². The van der Waals surface area contributed by atoms with Crippen molar-refractivity contribution >= 4 is 17.4 Å². The molecule has 0 radical (unpaired) electrons. The van der Waals surface area contributed by atoms with Gasteiger partial charge in [0, 0.05) is 50.7 Å². The van der Waals surface area contributed by atoms with E-state index in [2.05, 4.69) is 32.1 Å². The number of hydrogen-bond donors (Lipinski definition) is 1. The first-order valence-electron chi connectivity index (χ1n) is 9.36. The molecule has 4 rings (SSSR count). The molecule has 7 heteroatoms. The number of fused-ring (bicyclic) bond motifs is 1. The van der Waals surface area contributed by atoms with Crippen molar-refractivity contribution in [2.45, 2.75) is 38.6 Å². The number of amides is 1. The summed E-state index contributed by atoms with van der Waals surface area (Å²) in [5.41, 5.74) is 1.36. The van der Waals surface area contributed by atoms with E-state index < -0.39 is 0 Å². The molecule has 2 fully saturated rings. The predicted octanol–water partition coefficient (Wildman–Crippen LogP) is 1.54. The van der Waals surface area contributed by atoms with Crippen molar-refractivity contribution in [3.63, 3.8) is 0 Å². The third kappa shape index (κ3) is 3.46. The maximum absolute atomic E-state index is 12.4. The molecular formula is C18H26N6O. The smallest absolute Gasteiger partial charge is 0.254 e. The third-order valence-corrected chi connectivity index (χ3v) is 5.40. The number of aromatic nitrogens is 3. The van der Waals surface area contributed by atoms with E-state index >= 15 is 0 Å². The molecule has 1 aliphatic carbocycles. The van der Waals surface area contributed by atoms with E-state index in [0.717, 1.165) is 57.0 Å². The van der Waals surface area contributed by atoms with Gasteiger partial charge in [0.2, 0.25) is 0 Å². The molecule has 2 aromatic heterocycles. The van der Waals surface area contributed by atoms with Crippen LogP contribution >= 0.6 is 0 Å². The molecule has 1 aliphatic heterocycles. The third-order valence-electron chi connectivity index (χ3n) is 5.40. The van der Waals surface area contributed by atoms with Crippen molar-refractivity contribution in [2.24, 2.45) is 0 Å². The van der Waals surface area contributed by atoms with E-state index in [9.17, 15) is 4.79 Å². The molecule has 0 bridgehead atoms. The predicted molar refractivity (Wildman–Crippen MR) is 97.0 cm³/mol. The largest absolute Gasteiger partial charge is 0.353 e. The van der Waals surface area contributed by atoms with Crippen molar-refractivity contribution < 1.29 is 4.79 Å². The Labute approximate surface area is 148 Å². The highest BCUT2D eigenvalue weighted by atomic mass is 16.1. The Kier molecular flexibility index (Phi) is 4.57. The van der Waals surface area contributed by atoms with Crippen LogP contribution in [0.4, 0.5) is 5.82 Å². The Morgan fingerprint density at radius 1 is 1.24 bits per heavy atom. The van der Waals surface area contributed by atoms with Gasteiger partial charge in [-0.2, -0.15) is 0 Å². The zero-order valence-electron chi connectivity index (χ0n) is 14.8. The summed E-state index contributed by atoms with van der Waals surface area (Å²) >= 11 is 0. The summed E-state index contributed by atoms with van der Waals surface area (Å²) in [5, 5.41) is 7.75. The van der Waals surface area contributed by atoms with Crippen LogP contribution < -0.4 is 10.2 Å². The molecule has 25 heavy (non-hydrogen) atoms. The Balaban J connectivity index is 1.48. The molecule has 1 N–H and O–H groups in total. The number of nitrogens with zero attached hydrogens (tertiary/aromatic N) is 5. The minimum Gasteiger partial charge on any atom is -0.353 e. The summed E-state index contributed by atoms with van der Waals surface area (Å²) in [5.74, 6) is 0.895. The maximum Gasteiger partial charge on any atom is 0.254 e. The van der Waals surface area contributed by atoms with Gasteiger partial charge in [0.15, 0.2) is 11.5 Å². The van der Waals surface area contributed by atoms with Crippen LogP contribution in [0.5, 0.6) is 0 Å². The Bertz CT molecular complexity index is 743. The zero-order chi connectivity index (χ0) is 17.2. The summed E-state index contributed by atoms with van der Waals surface area (Å²) in [6, 6.07) is 2.31. The normalized spacial score (nSPS) is 19.6. The first-order valence-corrected chi connectivity index (χ1v) is 9.36. The van der Waals surface area contributed by atoms with Gasteiger partial charge in [-0.25, -0.2) is 9.50 Å². The maximum atomic E-state index is 12.4. The molecule has 1 saturated heterocycles. The lowest BCUT2D eigenvalue weighted by molar-refractivity contribution is 0.0937. The van der Waals surface area contributed by atoms with E-state index in [1.165, 1.54) is 12.8 Å². The number of anilines is 1. The lowest BCUT2D eigenvalue weighted by Gasteiger charge is -2.33. The number of rotatable bonds is 4. The van der Waals surface area contributed by atoms with Gasteiger partial charge in [-0.15, -0.1) is 5.10 Å². The lowest BCUT2D eigenvalue weighted by atomic mass is 10.2. The minimum atomic E-state index is -0.0464. The fourth-order valence-electron chi connectivity index (χ4n) is 3.77. The quantitative estimate of drug-likeness (QED) is 0.913. The molecule has 7 nitrogen and oxygen atoms in total. The summed E-state index contributed by atoms with van der Waals surface area (Å²) in [6.07, 6.45) is 8.01. The van der Waals surface area contributed by atoms with Gasteiger partial charge >= 0.3 is 0 Å². The second-order valence-electron chi connectivity index (χ2n) is 7.02. The fraction of sp³-hybridized carbons (Fsp3) is 0.611. The van der Waals surface area contributed by atoms with Crippen LogP contribution in [0.25, 0.3) is 5.65 Å². The minimum absolute atomic E-state index is 0.0464. The number of piperazine rings is 1. The van der Waals surface area contributed by atoms with Crippen LogP contribution in [0.3, 0.4) is 0 Å². The van der Waals surface area contributed by atoms with Gasteiger partial charge in [0.1, 0.15) is 0 Å². The highest BCUT2D eigenvalue weighted by Crippen LogP contribution is 2.19. The fourth-order valence-corrected chi connectivity index (χ4v) is 3.77. The molecule has 3 heterocycles. The van der Waals surface area contributed by atoms with Crippen molar-refractivity contribution in [1.29, 1.82) is 0 Å². The average Bonchev–Trinajstić information content (AvgIpc) is 3.30. The Hall–Kier alpha value is -2.15. The van der Waals surface area contributed by atoms with E-state index in [-0.39, 0.29) is 5.91 Å². The zero-order valence-corrected chi connectivity index (χ0v) is 14.8. The van der Waals surface area contributed by atoms with Crippen molar-refractivity contribution in [3.05, 3.63) is 24.0 Å². The van der Waals surface area contributed by atoms with Gasteiger partial charge in [0.05, 0.1) is 5.56 Å².